The number of nitrogens with one attached hydrogen (secondary N) is 1. The van der Waals surface area contributed by atoms with E-state index in [2.05, 4.69) is 5.32 Å². The number of hydrogen-bond acceptors (Lipinski definition) is 5. The molecule has 1 rings (SSSR count). The molecule has 0 aliphatic heterocycles. The van der Waals surface area contributed by atoms with E-state index in [1.807, 2.05) is 37.3 Å². The summed E-state index contributed by atoms with van der Waals surface area (Å²) in [4.78, 5) is 35.7. The Morgan fingerprint density at radius 2 is 1.73 bits per heavy atom. The number of alkyl carbamates (subject to hydrolysis) is 1. The van der Waals surface area contributed by atoms with E-state index in [1.165, 1.54) is 0 Å². The Morgan fingerprint density at radius 3 is 2.23 bits per heavy atom. The third-order valence-electron chi connectivity index (χ3n) is 4.05. The Morgan fingerprint density at radius 1 is 1.12 bits per heavy atom. The molecule has 1 aromatic rings. The molecule has 3 atom stereocenters. The van der Waals surface area contributed by atoms with Crippen LogP contribution in [0.15, 0.2) is 30.3 Å². The van der Waals surface area contributed by atoms with Crippen LogP contribution in [0.1, 0.15) is 39.7 Å². The summed E-state index contributed by atoms with van der Waals surface area (Å²) in [6, 6.07) is 8.15. The monoisotopic (exact) mass is 365 g/mol. The molecule has 0 aromatic heterocycles. The zero-order valence-corrected chi connectivity index (χ0v) is 15.6. The van der Waals surface area contributed by atoms with Crippen LogP contribution in [-0.2, 0) is 25.7 Å². The topological polar surface area (TPSA) is 102 Å². The lowest BCUT2D eigenvalue weighted by Crippen LogP contribution is -2.48. The van der Waals surface area contributed by atoms with Crippen LogP contribution < -0.4 is 5.32 Å². The smallest absolute Gasteiger partial charge is 0.408 e. The van der Waals surface area contributed by atoms with Crippen LogP contribution in [0, 0.1) is 11.8 Å². The first-order valence-electron chi connectivity index (χ1n) is 8.66. The molecule has 144 valence electrons. The van der Waals surface area contributed by atoms with Gasteiger partial charge in [-0.3, -0.25) is 0 Å². The molecule has 0 saturated heterocycles. The van der Waals surface area contributed by atoms with Crippen LogP contribution in [-0.4, -0.2) is 35.3 Å². The zero-order valence-electron chi connectivity index (χ0n) is 15.6. The summed E-state index contributed by atoms with van der Waals surface area (Å²) in [5.41, 5.74) is 0.816. The van der Waals surface area contributed by atoms with Crippen molar-refractivity contribution in [3.63, 3.8) is 0 Å². The number of amides is 1. The van der Waals surface area contributed by atoms with Gasteiger partial charge in [0.05, 0.1) is 0 Å². The number of benzene rings is 1. The average Bonchev–Trinajstić information content (AvgIpc) is 2.61. The fraction of sp³-hybridized carbons (Fsp3) is 0.526. The van der Waals surface area contributed by atoms with Gasteiger partial charge in [-0.15, -0.1) is 0 Å². The zero-order chi connectivity index (χ0) is 19.7. The molecule has 1 aromatic carbocycles. The third-order valence-corrected chi connectivity index (χ3v) is 4.05. The van der Waals surface area contributed by atoms with Crippen molar-refractivity contribution in [3.8, 4) is 0 Å². The van der Waals surface area contributed by atoms with Gasteiger partial charge in [-0.05, 0) is 11.5 Å². The fourth-order valence-corrected chi connectivity index (χ4v) is 2.23. The number of carboxylic acid groups (broad SMARTS) is 1. The molecule has 0 aliphatic carbocycles. The van der Waals surface area contributed by atoms with Gasteiger partial charge < -0.3 is 19.9 Å². The van der Waals surface area contributed by atoms with Crippen LogP contribution in [0.25, 0.3) is 0 Å². The fourth-order valence-electron chi connectivity index (χ4n) is 2.23. The van der Waals surface area contributed by atoms with Crippen molar-refractivity contribution >= 4 is 18.0 Å². The van der Waals surface area contributed by atoms with Gasteiger partial charge in [0.15, 0.2) is 0 Å². The summed E-state index contributed by atoms with van der Waals surface area (Å²) >= 11 is 0. The van der Waals surface area contributed by atoms with Crippen LogP contribution in [0.3, 0.4) is 0 Å². The highest BCUT2D eigenvalue weighted by atomic mass is 16.6. The van der Waals surface area contributed by atoms with Crippen molar-refractivity contribution in [3.05, 3.63) is 35.9 Å². The molecular formula is C19H27NO6. The molecule has 0 bridgehead atoms. The van der Waals surface area contributed by atoms with Crippen molar-refractivity contribution in [2.24, 2.45) is 11.8 Å². The van der Waals surface area contributed by atoms with Gasteiger partial charge in [0.25, 0.3) is 0 Å². The van der Waals surface area contributed by atoms with Gasteiger partial charge in [-0.1, -0.05) is 64.4 Å². The normalized spacial score (nSPS) is 14.2. The van der Waals surface area contributed by atoms with Gasteiger partial charge in [0, 0.05) is 5.92 Å². The lowest BCUT2D eigenvalue weighted by atomic mass is 9.99. The second-order valence-electron chi connectivity index (χ2n) is 6.51. The molecule has 1 amide bonds. The first-order chi connectivity index (χ1) is 12.3. The number of carbonyl (C=O) groups is 3. The molecule has 26 heavy (non-hydrogen) atoms. The molecule has 0 fully saturated rings. The summed E-state index contributed by atoms with van der Waals surface area (Å²) in [5, 5.41) is 11.7. The summed E-state index contributed by atoms with van der Waals surface area (Å²) < 4.78 is 10.2. The van der Waals surface area contributed by atoms with E-state index in [4.69, 9.17) is 9.47 Å². The predicted molar refractivity (Wildman–Crippen MR) is 95.4 cm³/mol. The average molecular weight is 365 g/mol. The van der Waals surface area contributed by atoms with Crippen molar-refractivity contribution < 1.29 is 29.0 Å². The Kier molecular flexibility index (Phi) is 8.61. The second kappa shape index (κ2) is 10.4. The van der Waals surface area contributed by atoms with Gasteiger partial charge in [0.1, 0.15) is 12.6 Å². The summed E-state index contributed by atoms with van der Waals surface area (Å²) in [6.07, 6.45) is -1.43. The van der Waals surface area contributed by atoms with Crippen molar-refractivity contribution in [2.45, 2.75) is 52.9 Å². The SMILES string of the molecule is CC[C@H](C)[C@H](NC(=O)OCc1ccccc1)C(=O)O[C@H](C(=O)O)C(C)C. The maximum atomic E-state index is 12.4. The number of aliphatic carboxylic acids is 1. The van der Waals surface area contributed by atoms with E-state index < -0.39 is 30.2 Å². The maximum absolute atomic E-state index is 12.4. The summed E-state index contributed by atoms with van der Waals surface area (Å²) in [6.45, 7) is 6.99. The molecule has 2 N–H and O–H groups in total. The number of ether oxygens (including phenoxy) is 2. The number of esters is 1. The van der Waals surface area contributed by atoms with E-state index in [-0.39, 0.29) is 18.4 Å². The molecule has 0 unspecified atom stereocenters. The highest BCUT2D eigenvalue weighted by molar-refractivity contribution is 5.84. The molecule has 7 nitrogen and oxygen atoms in total. The highest BCUT2D eigenvalue weighted by Crippen LogP contribution is 2.14. The Balaban J connectivity index is 2.71. The Labute approximate surface area is 153 Å². The van der Waals surface area contributed by atoms with Crippen LogP contribution >= 0.6 is 0 Å². The molecule has 7 heteroatoms. The van der Waals surface area contributed by atoms with Crippen molar-refractivity contribution in [2.75, 3.05) is 0 Å². The molecule has 0 radical (unpaired) electrons. The molecule has 0 spiro atoms. The number of hydrogen-bond donors (Lipinski definition) is 2. The highest BCUT2D eigenvalue weighted by Gasteiger charge is 2.33. The molecular weight excluding hydrogens is 338 g/mol. The second-order valence-corrected chi connectivity index (χ2v) is 6.51. The standard InChI is InChI=1S/C19H27NO6/c1-5-13(4)15(18(23)26-16(12(2)3)17(21)22)20-19(24)25-11-14-9-7-6-8-10-14/h6-10,12-13,15-16H,5,11H2,1-4H3,(H,20,24)(H,21,22)/t13-,15-,16-/m0/s1. The minimum atomic E-state index is -1.27. The van der Waals surface area contributed by atoms with Crippen molar-refractivity contribution in [1.82, 2.24) is 5.32 Å². The van der Waals surface area contributed by atoms with Crippen LogP contribution in [0.5, 0.6) is 0 Å². The van der Waals surface area contributed by atoms with Gasteiger partial charge >= 0.3 is 18.0 Å². The molecule has 0 saturated carbocycles. The third kappa shape index (κ3) is 6.74. The largest absolute Gasteiger partial charge is 0.478 e. The first-order valence-corrected chi connectivity index (χ1v) is 8.66. The van der Waals surface area contributed by atoms with E-state index in [1.54, 1.807) is 20.8 Å². The number of carboxylic acids is 1. The maximum Gasteiger partial charge on any atom is 0.408 e. The lowest BCUT2D eigenvalue weighted by molar-refractivity contribution is -0.169. The van der Waals surface area contributed by atoms with Crippen LogP contribution in [0.4, 0.5) is 4.79 Å². The minimum Gasteiger partial charge on any atom is -0.478 e. The van der Waals surface area contributed by atoms with E-state index >= 15 is 0 Å². The lowest BCUT2D eigenvalue weighted by Gasteiger charge is -2.25. The van der Waals surface area contributed by atoms with Gasteiger partial charge in [0.2, 0.25) is 6.10 Å². The number of carbonyl (C=O) groups excluding carboxylic acids is 2. The first kappa shape index (κ1) is 21.5. The van der Waals surface area contributed by atoms with Crippen molar-refractivity contribution in [1.29, 1.82) is 0 Å². The van der Waals surface area contributed by atoms with Gasteiger partial charge in [-0.2, -0.15) is 0 Å². The Hall–Kier alpha value is -2.57. The van der Waals surface area contributed by atoms with E-state index in [0.29, 0.717) is 6.42 Å². The predicted octanol–water partition coefficient (Wildman–Crippen LogP) is 2.98. The van der Waals surface area contributed by atoms with Gasteiger partial charge in [-0.25, -0.2) is 14.4 Å². The summed E-state index contributed by atoms with van der Waals surface area (Å²) in [5.74, 6) is -2.63. The summed E-state index contributed by atoms with van der Waals surface area (Å²) in [7, 11) is 0. The molecule has 0 heterocycles. The minimum absolute atomic E-state index is 0.0681. The van der Waals surface area contributed by atoms with Crippen LogP contribution in [0.2, 0.25) is 0 Å². The van der Waals surface area contributed by atoms with E-state index in [0.717, 1.165) is 5.56 Å². The molecule has 0 aliphatic rings. The van der Waals surface area contributed by atoms with E-state index in [9.17, 15) is 19.5 Å². The number of rotatable bonds is 9. The Bertz CT molecular complexity index is 601. The quantitative estimate of drug-likeness (QED) is 0.652.